The van der Waals surface area contributed by atoms with Crippen LogP contribution in [-0.4, -0.2) is 6.61 Å². The average molecular weight is 228 g/mol. The fourth-order valence-corrected chi connectivity index (χ4v) is 1.61. The summed E-state index contributed by atoms with van der Waals surface area (Å²) in [6.45, 7) is 2.61. The van der Waals surface area contributed by atoms with Crippen LogP contribution in [0.5, 0.6) is 5.75 Å². The number of ether oxygens (including phenoxy) is 1. The van der Waals surface area contributed by atoms with E-state index in [0.29, 0.717) is 6.61 Å². The van der Waals surface area contributed by atoms with Gasteiger partial charge in [0.2, 0.25) is 0 Å². The van der Waals surface area contributed by atoms with Gasteiger partial charge >= 0.3 is 0 Å². The van der Waals surface area contributed by atoms with Crippen molar-refractivity contribution >= 4 is 17.1 Å². The summed E-state index contributed by atoms with van der Waals surface area (Å²) >= 11 is 0. The van der Waals surface area contributed by atoms with Crippen molar-refractivity contribution in [3.05, 3.63) is 48.5 Å². The predicted octanol–water partition coefficient (Wildman–Crippen LogP) is 3.41. The number of hydrogen-bond acceptors (Lipinski definition) is 3. The van der Waals surface area contributed by atoms with Crippen LogP contribution < -0.4 is 15.8 Å². The summed E-state index contributed by atoms with van der Waals surface area (Å²) in [4.78, 5) is 0. The van der Waals surface area contributed by atoms with Crippen LogP contribution in [0.25, 0.3) is 0 Å². The number of nitrogen functional groups attached to an aromatic ring is 1. The van der Waals surface area contributed by atoms with E-state index < -0.39 is 0 Å². The first-order valence-electron chi connectivity index (χ1n) is 5.64. The Hall–Kier alpha value is -2.16. The summed E-state index contributed by atoms with van der Waals surface area (Å²) in [5.74, 6) is 0.832. The Balaban J connectivity index is 2.27. The molecule has 0 aliphatic carbocycles. The van der Waals surface area contributed by atoms with E-state index in [9.17, 15) is 0 Å². The third-order valence-corrected chi connectivity index (χ3v) is 2.42. The Bertz CT molecular complexity index is 497. The summed E-state index contributed by atoms with van der Waals surface area (Å²) in [6.07, 6.45) is 0. The largest absolute Gasteiger partial charge is 0.492 e. The van der Waals surface area contributed by atoms with E-state index >= 15 is 0 Å². The predicted molar refractivity (Wildman–Crippen MR) is 71.7 cm³/mol. The number of anilines is 3. The molecule has 0 bridgehead atoms. The van der Waals surface area contributed by atoms with E-state index in [0.717, 1.165) is 22.8 Å². The first-order chi connectivity index (χ1) is 8.31. The fourth-order valence-electron chi connectivity index (χ4n) is 1.61. The average Bonchev–Trinajstić information content (AvgIpc) is 2.35. The van der Waals surface area contributed by atoms with E-state index in [4.69, 9.17) is 10.5 Å². The smallest absolute Gasteiger partial charge is 0.142 e. The van der Waals surface area contributed by atoms with Crippen LogP contribution >= 0.6 is 0 Å². The fraction of sp³-hybridized carbons (Fsp3) is 0.143. The van der Waals surface area contributed by atoms with Gasteiger partial charge in [-0.25, -0.2) is 0 Å². The zero-order chi connectivity index (χ0) is 12.1. The van der Waals surface area contributed by atoms with Crippen molar-refractivity contribution in [1.82, 2.24) is 0 Å². The molecule has 2 rings (SSSR count). The van der Waals surface area contributed by atoms with Crippen LogP contribution in [0.3, 0.4) is 0 Å². The van der Waals surface area contributed by atoms with E-state index in [1.807, 2.05) is 55.5 Å². The van der Waals surface area contributed by atoms with E-state index in [2.05, 4.69) is 5.32 Å². The summed E-state index contributed by atoms with van der Waals surface area (Å²) in [6, 6.07) is 15.5. The van der Waals surface area contributed by atoms with Crippen LogP contribution in [0.1, 0.15) is 6.92 Å². The Morgan fingerprint density at radius 3 is 2.35 bits per heavy atom. The van der Waals surface area contributed by atoms with E-state index in [-0.39, 0.29) is 0 Å². The number of rotatable bonds is 4. The lowest BCUT2D eigenvalue weighted by Gasteiger charge is -2.13. The van der Waals surface area contributed by atoms with Crippen LogP contribution in [0.4, 0.5) is 17.1 Å². The van der Waals surface area contributed by atoms with Gasteiger partial charge in [0.1, 0.15) is 5.75 Å². The number of benzene rings is 2. The standard InChI is InChI=1S/C14H16N2O/c1-2-17-14-10-6-5-9-13(14)16-12-8-4-3-7-11(12)15/h3-10,16H,2,15H2,1H3. The Labute approximate surface area is 101 Å². The maximum absolute atomic E-state index is 5.89. The second-order valence-electron chi connectivity index (χ2n) is 3.64. The van der Waals surface area contributed by atoms with Gasteiger partial charge in [0, 0.05) is 0 Å². The van der Waals surface area contributed by atoms with Crippen molar-refractivity contribution in [3.63, 3.8) is 0 Å². The highest BCUT2D eigenvalue weighted by molar-refractivity contribution is 5.75. The number of hydrogen-bond donors (Lipinski definition) is 2. The van der Waals surface area contributed by atoms with Crippen LogP contribution in [-0.2, 0) is 0 Å². The van der Waals surface area contributed by atoms with E-state index in [1.165, 1.54) is 0 Å². The van der Waals surface area contributed by atoms with Crippen LogP contribution in [0.15, 0.2) is 48.5 Å². The number of para-hydroxylation sites is 4. The summed E-state index contributed by atoms with van der Waals surface area (Å²) in [7, 11) is 0. The van der Waals surface area contributed by atoms with Gasteiger partial charge < -0.3 is 15.8 Å². The molecule has 0 saturated heterocycles. The topological polar surface area (TPSA) is 47.3 Å². The molecule has 3 nitrogen and oxygen atoms in total. The van der Waals surface area contributed by atoms with Gasteiger partial charge in [0.05, 0.1) is 23.7 Å². The number of nitrogens with two attached hydrogens (primary N) is 1. The minimum atomic E-state index is 0.642. The lowest BCUT2D eigenvalue weighted by molar-refractivity contribution is 0.342. The molecular weight excluding hydrogens is 212 g/mol. The van der Waals surface area contributed by atoms with E-state index in [1.54, 1.807) is 0 Å². The molecule has 0 atom stereocenters. The van der Waals surface area contributed by atoms with Crippen LogP contribution in [0, 0.1) is 0 Å². The Kier molecular flexibility index (Phi) is 3.50. The van der Waals surface area contributed by atoms with Gasteiger partial charge in [0.25, 0.3) is 0 Å². The molecular formula is C14H16N2O. The van der Waals surface area contributed by atoms with Crippen molar-refractivity contribution in [2.45, 2.75) is 6.92 Å². The third-order valence-electron chi connectivity index (χ3n) is 2.42. The van der Waals surface area contributed by atoms with Crippen molar-refractivity contribution in [2.24, 2.45) is 0 Å². The number of nitrogens with one attached hydrogen (secondary N) is 1. The van der Waals surface area contributed by atoms with Gasteiger partial charge in [-0.05, 0) is 31.2 Å². The Morgan fingerprint density at radius 2 is 1.65 bits per heavy atom. The monoisotopic (exact) mass is 228 g/mol. The lowest BCUT2D eigenvalue weighted by Crippen LogP contribution is -1.99. The molecule has 3 heteroatoms. The lowest BCUT2D eigenvalue weighted by atomic mass is 10.2. The molecule has 2 aromatic carbocycles. The summed E-state index contributed by atoms with van der Waals surface area (Å²) in [5, 5.41) is 3.28. The second kappa shape index (κ2) is 5.25. The summed E-state index contributed by atoms with van der Waals surface area (Å²) < 4.78 is 5.55. The minimum Gasteiger partial charge on any atom is -0.492 e. The first-order valence-corrected chi connectivity index (χ1v) is 5.64. The van der Waals surface area contributed by atoms with Gasteiger partial charge in [0.15, 0.2) is 0 Å². The maximum Gasteiger partial charge on any atom is 0.142 e. The molecule has 17 heavy (non-hydrogen) atoms. The second-order valence-corrected chi connectivity index (χ2v) is 3.64. The van der Waals surface area contributed by atoms with Crippen molar-refractivity contribution in [3.8, 4) is 5.75 Å². The normalized spacial score (nSPS) is 9.94. The molecule has 0 aliphatic rings. The van der Waals surface area contributed by atoms with Gasteiger partial charge in [-0.2, -0.15) is 0 Å². The molecule has 0 aromatic heterocycles. The van der Waals surface area contributed by atoms with Crippen LogP contribution in [0.2, 0.25) is 0 Å². The third kappa shape index (κ3) is 2.69. The zero-order valence-electron chi connectivity index (χ0n) is 9.81. The molecule has 0 saturated carbocycles. The summed E-state index contributed by atoms with van der Waals surface area (Å²) in [5.41, 5.74) is 8.42. The van der Waals surface area contributed by atoms with Gasteiger partial charge in [-0.15, -0.1) is 0 Å². The maximum atomic E-state index is 5.89. The molecule has 0 fully saturated rings. The molecule has 88 valence electrons. The molecule has 0 spiro atoms. The molecule has 0 heterocycles. The minimum absolute atomic E-state index is 0.642. The van der Waals surface area contributed by atoms with Gasteiger partial charge in [-0.1, -0.05) is 24.3 Å². The molecule has 0 radical (unpaired) electrons. The molecule has 3 N–H and O–H groups in total. The highest BCUT2D eigenvalue weighted by Gasteiger charge is 2.03. The SMILES string of the molecule is CCOc1ccccc1Nc1ccccc1N. The highest BCUT2D eigenvalue weighted by Crippen LogP contribution is 2.29. The molecule has 0 unspecified atom stereocenters. The van der Waals surface area contributed by atoms with Crippen molar-refractivity contribution < 1.29 is 4.74 Å². The molecule has 2 aromatic rings. The highest BCUT2D eigenvalue weighted by atomic mass is 16.5. The first kappa shape index (κ1) is 11.3. The van der Waals surface area contributed by atoms with Crippen molar-refractivity contribution in [1.29, 1.82) is 0 Å². The molecule has 0 aliphatic heterocycles. The zero-order valence-corrected chi connectivity index (χ0v) is 9.81. The van der Waals surface area contributed by atoms with Crippen molar-refractivity contribution in [2.75, 3.05) is 17.7 Å². The van der Waals surface area contributed by atoms with Gasteiger partial charge in [-0.3, -0.25) is 0 Å². The molecule has 0 amide bonds. The quantitative estimate of drug-likeness (QED) is 0.788. The Morgan fingerprint density at radius 1 is 1.00 bits per heavy atom.